The fourth-order valence-corrected chi connectivity index (χ4v) is 9.52. The topological polar surface area (TPSA) is 203 Å². The molecule has 13 heteroatoms. The van der Waals surface area contributed by atoms with E-state index >= 15 is 0 Å². The fourth-order valence-electron chi connectivity index (χ4n) is 9.21. The highest BCUT2D eigenvalue weighted by atomic mass is 32.3. The second-order valence-corrected chi connectivity index (χ2v) is 20.5. The molecule has 64 heavy (non-hydrogen) atoms. The first kappa shape index (κ1) is 61.1. The van der Waals surface area contributed by atoms with Crippen molar-refractivity contribution in [3.8, 4) is 0 Å². The van der Waals surface area contributed by atoms with Crippen molar-refractivity contribution < 1.29 is 52.2 Å². The maximum absolute atomic E-state index is 13.2. The number of aliphatic hydroxyl groups excluding tert-OH is 5. The van der Waals surface area contributed by atoms with Gasteiger partial charge in [-0.2, -0.15) is 8.42 Å². The van der Waals surface area contributed by atoms with E-state index in [1.807, 2.05) is 0 Å². The van der Waals surface area contributed by atoms with Gasteiger partial charge in [0.25, 0.3) is 0 Å². The SMILES string of the molecule is CCCCCCCCCCCCCCCCCCCCCCCCCC(=O)N[C@@H](CC[C@H]1O[C@H](COS(=O)(=O)O)[C@H](O)[C@H](O)[C@H]1O)[C@H](O)[C@H](O)CCCCCCCCCCCCCC. The smallest absolute Gasteiger partial charge is 0.390 e. The number of hydrogen-bond donors (Lipinski definition) is 7. The Morgan fingerprint density at radius 1 is 0.516 bits per heavy atom. The van der Waals surface area contributed by atoms with Crippen LogP contribution in [0, 0.1) is 0 Å². The number of unbranched alkanes of at least 4 members (excludes halogenated alkanes) is 33. The molecule has 7 N–H and O–H groups in total. The second-order valence-electron chi connectivity index (χ2n) is 19.4. The summed E-state index contributed by atoms with van der Waals surface area (Å²) in [6.07, 6.45) is 34.9. The van der Waals surface area contributed by atoms with Crippen LogP contribution in [0.1, 0.15) is 264 Å². The van der Waals surface area contributed by atoms with Crippen LogP contribution in [0.2, 0.25) is 0 Å². The standard InChI is InChI=1S/C51H101NO11S/c1-3-5-7-9-11-13-15-17-18-19-20-21-22-23-24-25-26-27-29-31-33-35-37-39-47(54)52-43(40-41-45-49(56)51(58)50(57)46(63-45)42-62-64(59,60)61)48(55)44(53)38-36-34-32-30-28-16-14-12-10-8-6-4-2/h43-46,48-51,53,55-58H,3-42H2,1-2H3,(H,52,54)(H,59,60,61)/t43-,44+,45+,46+,48-,49-,50-,51+/m0/s1. The summed E-state index contributed by atoms with van der Waals surface area (Å²) in [5.41, 5.74) is 0. The van der Waals surface area contributed by atoms with E-state index in [-0.39, 0.29) is 25.2 Å². The summed E-state index contributed by atoms with van der Waals surface area (Å²) in [7, 11) is -4.85. The summed E-state index contributed by atoms with van der Waals surface area (Å²) in [5, 5.41) is 56.7. The van der Waals surface area contributed by atoms with Crippen LogP contribution in [0.4, 0.5) is 0 Å². The van der Waals surface area contributed by atoms with E-state index in [2.05, 4.69) is 23.3 Å². The highest BCUT2D eigenvalue weighted by molar-refractivity contribution is 7.80. The number of carbonyl (C=O) groups excluding carboxylic acids is 1. The first-order valence-electron chi connectivity index (χ1n) is 26.9. The summed E-state index contributed by atoms with van der Waals surface area (Å²) in [5.74, 6) is -0.245. The molecule has 1 aliphatic rings. The summed E-state index contributed by atoms with van der Waals surface area (Å²) in [4.78, 5) is 13.2. The molecule has 0 bridgehead atoms. The number of nitrogens with one attached hydrogen (secondary N) is 1. The van der Waals surface area contributed by atoms with Gasteiger partial charge in [0.2, 0.25) is 5.91 Å². The van der Waals surface area contributed by atoms with Gasteiger partial charge < -0.3 is 35.6 Å². The molecule has 0 spiro atoms. The molecule has 1 heterocycles. The zero-order valence-electron chi connectivity index (χ0n) is 41.0. The summed E-state index contributed by atoms with van der Waals surface area (Å²) in [6, 6.07) is -0.878. The molecule has 0 saturated carbocycles. The third kappa shape index (κ3) is 33.6. The van der Waals surface area contributed by atoms with Crippen LogP contribution in [0.3, 0.4) is 0 Å². The minimum absolute atomic E-state index is 0.0000915. The van der Waals surface area contributed by atoms with Crippen LogP contribution in [0.25, 0.3) is 0 Å². The first-order chi connectivity index (χ1) is 30.9. The lowest BCUT2D eigenvalue weighted by Gasteiger charge is -2.41. The molecule has 0 aromatic carbocycles. The van der Waals surface area contributed by atoms with E-state index in [1.165, 1.54) is 173 Å². The molecule has 0 aromatic heterocycles. The van der Waals surface area contributed by atoms with Crippen molar-refractivity contribution in [1.82, 2.24) is 5.32 Å². The van der Waals surface area contributed by atoms with Crippen molar-refractivity contribution in [1.29, 1.82) is 0 Å². The van der Waals surface area contributed by atoms with Gasteiger partial charge in [0.1, 0.15) is 24.4 Å². The first-order valence-corrected chi connectivity index (χ1v) is 28.2. The zero-order valence-corrected chi connectivity index (χ0v) is 41.9. The minimum Gasteiger partial charge on any atom is -0.390 e. The van der Waals surface area contributed by atoms with Crippen LogP contribution in [0.15, 0.2) is 0 Å². The third-order valence-corrected chi connectivity index (χ3v) is 13.9. The predicted octanol–water partition coefficient (Wildman–Crippen LogP) is 11.1. The maximum atomic E-state index is 13.2. The molecule has 1 rings (SSSR count). The Labute approximate surface area is 392 Å². The largest absolute Gasteiger partial charge is 0.397 e. The molecular weight excluding hydrogens is 835 g/mol. The van der Waals surface area contributed by atoms with Crippen molar-refractivity contribution in [2.24, 2.45) is 0 Å². The molecule has 1 fully saturated rings. The van der Waals surface area contributed by atoms with Gasteiger partial charge in [-0.1, -0.05) is 232 Å². The number of carbonyl (C=O) groups is 1. The molecule has 0 aromatic rings. The minimum atomic E-state index is -4.85. The van der Waals surface area contributed by atoms with Crippen molar-refractivity contribution >= 4 is 16.3 Å². The Morgan fingerprint density at radius 2 is 0.859 bits per heavy atom. The number of ether oxygens (including phenoxy) is 1. The molecule has 382 valence electrons. The quantitative estimate of drug-likeness (QED) is 0.0226. The highest BCUT2D eigenvalue weighted by Gasteiger charge is 2.44. The Balaban J connectivity index is 2.39. The van der Waals surface area contributed by atoms with E-state index in [0.717, 1.165) is 44.9 Å². The Morgan fingerprint density at radius 3 is 1.23 bits per heavy atom. The van der Waals surface area contributed by atoms with E-state index in [9.17, 15) is 38.7 Å². The molecule has 0 radical (unpaired) electrons. The molecule has 8 atom stereocenters. The van der Waals surface area contributed by atoms with Crippen LogP contribution in [-0.4, -0.2) is 99.8 Å². The van der Waals surface area contributed by atoms with Crippen molar-refractivity contribution in [2.75, 3.05) is 6.61 Å². The Bertz CT molecular complexity index is 1160. The van der Waals surface area contributed by atoms with E-state index in [1.54, 1.807) is 0 Å². The molecule has 1 amide bonds. The van der Waals surface area contributed by atoms with Gasteiger partial charge >= 0.3 is 10.4 Å². The van der Waals surface area contributed by atoms with E-state index in [4.69, 9.17) is 9.29 Å². The zero-order chi connectivity index (χ0) is 47.1. The van der Waals surface area contributed by atoms with E-state index < -0.39 is 65.8 Å². The summed E-state index contributed by atoms with van der Waals surface area (Å²) < 4.78 is 41.3. The molecule has 0 unspecified atom stereocenters. The van der Waals surface area contributed by atoms with Gasteiger partial charge in [0.15, 0.2) is 0 Å². The normalized spacial score (nSPS) is 20.7. The average molecular weight is 936 g/mol. The van der Waals surface area contributed by atoms with Gasteiger partial charge in [0, 0.05) is 6.42 Å². The Hall–Kier alpha value is -0.900. The van der Waals surface area contributed by atoms with Gasteiger partial charge in [-0.25, -0.2) is 4.18 Å². The summed E-state index contributed by atoms with van der Waals surface area (Å²) >= 11 is 0. The monoisotopic (exact) mass is 936 g/mol. The molecule has 1 saturated heterocycles. The lowest BCUT2D eigenvalue weighted by molar-refractivity contribution is -0.229. The van der Waals surface area contributed by atoms with Crippen molar-refractivity contribution in [2.45, 2.75) is 313 Å². The Kier molecular flexibility index (Phi) is 39.3. The van der Waals surface area contributed by atoms with Crippen molar-refractivity contribution in [3.05, 3.63) is 0 Å². The third-order valence-electron chi connectivity index (χ3n) is 13.5. The molecule has 0 aliphatic carbocycles. The van der Waals surface area contributed by atoms with Crippen LogP contribution >= 0.6 is 0 Å². The van der Waals surface area contributed by atoms with Crippen LogP contribution < -0.4 is 5.32 Å². The van der Waals surface area contributed by atoms with Gasteiger partial charge in [-0.3, -0.25) is 9.35 Å². The summed E-state index contributed by atoms with van der Waals surface area (Å²) in [6.45, 7) is 3.72. The van der Waals surface area contributed by atoms with Gasteiger partial charge in [-0.05, 0) is 25.7 Å². The van der Waals surface area contributed by atoms with Gasteiger partial charge in [0.05, 0.1) is 31.0 Å². The van der Waals surface area contributed by atoms with E-state index in [0.29, 0.717) is 12.8 Å². The second kappa shape index (κ2) is 41.1. The van der Waals surface area contributed by atoms with Gasteiger partial charge in [-0.15, -0.1) is 0 Å². The lowest BCUT2D eigenvalue weighted by atomic mass is 9.90. The predicted molar refractivity (Wildman–Crippen MR) is 260 cm³/mol. The van der Waals surface area contributed by atoms with Crippen LogP contribution in [0.5, 0.6) is 0 Å². The average Bonchev–Trinajstić information content (AvgIpc) is 3.27. The fraction of sp³-hybridized carbons (Fsp3) is 0.980. The maximum Gasteiger partial charge on any atom is 0.397 e. The number of hydrogen-bond acceptors (Lipinski definition) is 10. The lowest BCUT2D eigenvalue weighted by Crippen LogP contribution is -2.59. The number of amides is 1. The number of rotatable bonds is 46. The van der Waals surface area contributed by atoms with Crippen molar-refractivity contribution in [3.63, 3.8) is 0 Å². The number of aliphatic hydroxyl groups is 5. The molecule has 1 aliphatic heterocycles. The highest BCUT2D eigenvalue weighted by Crippen LogP contribution is 2.27. The molecule has 12 nitrogen and oxygen atoms in total. The van der Waals surface area contributed by atoms with Crippen LogP contribution in [-0.2, 0) is 24.1 Å². The molecular formula is C51H101NO11S.